The van der Waals surface area contributed by atoms with Crippen molar-refractivity contribution < 1.29 is 0 Å². The summed E-state index contributed by atoms with van der Waals surface area (Å²) in [6.07, 6.45) is 1.12. The minimum Gasteiger partial charge on any atom is -0.330 e. The minimum atomic E-state index is 0.238. The lowest BCUT2D eigenvalue weighted by Gasteiger charge is -2.22. The van der Waals surface area contributed by atoms with Gasteiger partial charge in [0.1, 0.15) is 0 Å². The van der Waals surface area contributed by atoms with E-state index < -0.39 is 0 Å². The molecule has 1 rings (SSSR count). The van der Waals surface area contributed by atoms with Gasteiger partial charge in [0.15, 0.2) is 0 Å². The Kier molecular flexibility index (Phi) is 6.02. The first-order chi connectivity index (χ1) is 8.85. The Morgan fingerprint density at radius 3 is 2.53 bits per heavy atom. The van der Waals surface area contributed by atoms with E-state index in [9.17, 15) is 0 Å². The van der Waals surface area contributed by atoms with E-state index in [1.807, 2.05) is 0 Å². The van der Waals surface area contributed by atoms with Crippen LogP contribution in [0.3, 0.4) is 0 Å². The predicted octanol–water partition coefficient (Wildman–Crippen LogP) is 3.58. The fourth-order valence-corrected chi connectivity index (χ4v) is 1.99. The molecular formula is C17H30N2. The molecule has 0 aliphatic heterocycles. The summed E-state index contributed by atoms with van der Waals surface area (Å²) in [6, 6.07) is 6.80. The highest BCUT2D eigenvalue weighted by atomic mass is 14.8. The van der Waals surface area contributed by atoms with E-state index in [0.29, 0.717) is 5.92 Å². The van der Waals surface area contributed by atoms with E-state index in [1.165, 1.54) is 16.7 Å². The molecule has 0 aromatic heterocycles. The molecule has 3 N–H and O–H groups in total. The second-order valence-corrected chi connectivity index (χ2v) is 6.64. The van der Waals surface area contributed by atoms with Gasteiger partial charge in [-0.3, -0.25) is 0 Å². The first-order valence-electron chi connectivity index (χ1n) is 7.36. The summed E-state index contributed by atoms with van der Waals surface area (Å²) < 4.78 is 0. The van der Waals surface area contributed by atoms with Gasteiger partial charge >= 0.3 is 0 Å². The summed E-state index contributed by atoms with van der Waals surface area (Å²) >= 11 is 0. The van der Waals surface area contributed by atoms with Gasteiger partial charge in [-0.25, -0.2) is 0 Å². The Morgan fingerprint density at radius 1 is 1.26 bits per heavy atom. The molecular weight excluding hydrogens is 232 g/mol. The Labute approximate surface area is 118 Å². The molecule has 19 heavy (non-hydrogen) atoms. The molecule has 0 bridgehead atoms. The third-order valence-corrected chi connectivity index (χ3v) is 3.89. The van der Waals surface area contributed by atoms with Crippen molar-refractivity contribution in [1.29, 1.82) is 0 Å². The molecule has 0 fully saturated rings. The highest BCUT2D eigenvalue weighted by molar-refractivity contribution is 5.32. The maximum atomic E-state index is 5.75. The van der Waals surface area contributed by atoms with Gasteiger partial charge in [-0.2, -0.15) is 0 Å². The zero-order chi connectivity index (χ0) is 14.5. The van der Waals surface area contributed by atoms with Crippen LogP contribution in [0.25, 0.3) is 0 Å². The molecule has 0 spiro atoms. The van der Waals surface area contributed by atoms with Crippen LogP contribution < -0.4 is 11.1 Å². The van der Waals surface area contributed by atoms with E-state index in [1.54, 1.807) is 0 Å². The maximum Gasteiger partial charge on any atom is 0.0208 e. The van der Waals surface area contributed by atoms with Crippen LogP contribution >= 0.6 is 0 Å². The Morgan fingerprint density at radius 2 is 1.95 bits per heavy atom. The molecule has 0 atom stereocenters. The van der Waals surface area contributed by atoms with Crippen molar-refractivity contribution >= 4 is 0 Å². The molecule has 2 nitrogen and oxygen atoms in total. The van der Waals surface area contributed by atoms with Crippen LogP contribution in [0, 0.1) is 12.3 Å². The summed E-state index contributed by atoms with van der Waals surface area (Å²) in [6.45, 7) is 13.8. The summed E-state index contributed by atoms with van der Waals surface area (Å²) in [5, 5.41) is 3.54. The lowest BCUT2D eigenvalue weighted by molar-refractivity contribution is 0.339. The smallest absolute Gasteiger partial charge is 0.0208 e. The summed E-state index contributed by atoms with van der Waals surface area (Å²) in [5.41, 5.74) is 10.2. The van der Waals surface area contributed by atoms with Crippen LogP contribution in [0.1, 0.15) is 56.7 Å². The number of hydrogen-bond acceptors (Lipinski definition) is 2. The molecule has 0 aliphatic carbocycles. The normalized spacial score (nSPS) is 12.2. The summed E-state index contributed by atoms with van der Waals surface area (Å²) in [5.74, 6) is 0.593. The van der Waals surface area contributed by atoms with Crippen LogP contribution in [-0.4, -0.2) is 13.1 Å². The third-order valence-electron chi connectivity index (χ3n) is 3.89. The van der Waals surface area contributed by atoms with Gasteiger partial charge in [-0.05, 0) is 54.5 Å². The molecule has 108 valence electrons. The van der Waals surface area contributed by atoms with Crippen molar-refractivity contribution in [1.82, 2.24) is 5.32 Å². The fraction of sp³-hybridized carbons (Fsp3) is 0.647. The van der Waals surface area contributed by atoms with Gasteiger partial charge in [0.25, 0.3) is 0 Å². The lowest BCUT2D eigenvalue weighted by atomic mass is 9.89. The zero-order valence-corrected chi connectivity index (χ0v) is 13.2. The summed E-state index contributed by atoms with van der Waals surface area (Å²) in [7, 11) is 0. The third kappa shape index (κ3) is 5.33. The van der Waals surface area contributed by atoms with Crippen molar-refractivity contribution in [3.63, 3.8) is 0 Å². The zero-order valence-electron chi connectivity index (χ0n) is 13.2. The molecule has 0 radical (unpaired) electrons. The Hall–Kier alpha value is -0.860. The number of rotatable bonds is 7. The van der Waals surface area contributed by atoms with Crippen LogP contribution in [0.2, 0.25) is 0 Å². The van der Waals surface area contributed by atoms with Gasteiger partial charge < -0.3 is 11.1 Å². The second kappa shape index (κ2) is 7.06. The highest BCUT2D eigenvalue weighted by Crippen LogP contribution is 2.19. The van der Waals surface area contributed by atoms with Crippen LogP contribution in [0.15, 0.2) is 18.2 Å². The quantitative estimate of drug-likeness (QED) is 0.737. The van der Waals surface area contributed by atoms with Crippen LogP contribution in [-0.2, 0) is 6.54 Å². The lowest BCUT2D eigenvalue weighted by Crippen LogP contribution is -2.28. The Balaban J connectivity index is 2.51. The number of hydrogen-bond donors (Lipinski definition) is 2. The van der Waals surface area contributed by atoms with Gasteiger partial charge in [0, 0.05) is 6.54 Å². The molecule has 0 saturated carbocycles. The average Bonchev–Trinajstić information content (AvgIpc) is 2.36. The number of nitrogens with one attached hydrogen (secondary N) is 1. The van der Waals surface area contributed by atoms with Crippen molar-refractivity contribution in [3.8, 4) is 0 Å². The van der Waals surface area contributed by atoms with E-state index in [-0.39, 0.29) is 5.41 Å². The van der Waals surface area contributed by atoms with Gasteiger partial charge in [-0.15, -0.1) is 0 Å². The molecule has 1 aromatic rings. The molecule has 0 aliphatic rings. The maximum absolute atomic E-state index is 5.75. The molecule has 2 heteroatoms. The minimum absolute atomic E-state index is 0.238. The highest BCUT2D eigenvalue weighted by Gasteiger charge is 2.14. The largest absolute Gasteiger partial charge is 0.330 e. The van der Waals surface area contributed by atoms with E-state index >= 15 is 0 Å². The fourth-order valence-electron chi connectivity index (χ4n) is 1.99. The first-order valence-corrected chi connectivity index (χ1v) is 7.36. The summed E-state index contributed by atoms with van der Waals surface area (Å²) in [4.78, 5) is 0. The number of aryl methyl sites for hydroxylation is 1. The second-order valence-electron chi connectivity index (χ2n) is 6.64. The van der Waals surface area contributed by atoms with Gasteiger partial charge in [-0.1, -0.05) is 45.9 Å². The van der Waals surface area contributed by atoms with Gasteiger partial charge in [0.2, 0.25) is 0 Å². The topological polar surface area (TPSA) is 38.0 Å². The molecule has 0 heterocycles. The van der Waals surface area contributed by atoms with Crippen molar-refractivity contribution in [3.05, 3.63) is 34.9 Å². The van der Waals surface area contributed by atoms with Crippen LogP contribution in [0.5, 0.6) is 0 Å². The van der Waals surface area contributed by atoms with Crippen molar-refractivity contribution in [2.45, 2.75) is 53.5 Å². The predicted molar refractivity (Wildman–Crippen MR) is 84.4 cm³/mol. The number of benzene rings is 1. The van der Waals surface area contributed by atoms with E-state index in [4.69, 9.17) is 5.73 Å². The van der Waals surface area contributed by atoms with E-state index in [0.717, 1.165) is 26.1 Å². The van der Waals surface area contributed by atoms with Crippen molar-refractivity contribution in [2.24, 2.45) is 11.1 Å². The standard InChI is InChI=1S/C17H30N2/c1-13(2)15-7-6-14(3)16(10-15)11-19-9-8-17(4,5)12-18/h6-7,10,13,19H,8-9,11-12,18H2,1-5H3. The van der Waals surface area contributed by atoms with Gasteiger partial charge in [0.05, 0.1) is 0 Å². The molecule has 0 saturated heterocycles. The SMILES string of the molecule is Cc1ccc(C(C)C)cc1CNCCC(C)(C)CN. The first kappa shape index (κ1) is 16.2. The van der Waals surface area contributed by atoms with Crippen molar-refractivity contribution in [2.75, 3.05) is 13.1 Å². The van der Waals surface area contributed by atoms with E-state index in [2.05, 4.69) is 58.1 Å². The number of nitrogens with two attached hydrogens (primary N) is 1. The average molecular weight is 262 g/mol. The Bertz CT molecular complexity index is 394. The monoisotopic (exact) mass is 262 g/mol. The molecule has 0 unspecified atom stereocenters. The molecule has 1 aromatic carbocycles. The molecule has 0 amide bonds. The van der Waals surface area contributed by atoms with Crippen LogP contribution in [0.4, 0.5) is 0 Å².